The van der Waals surface area contributed by atoms with E-state index >= 15 is 0 Å². The van der Waals surface area contributed by atoms with Crippen molar-refractivity contribution in [2.24, 2.45) is 0 Å². The summed E-state index contributed by atoms with van der Waals surface area (Å²) in [5.41, 5.74) is 0.420. The maximum Gasteiger partial charge on any atom is 0.271 e. The van der Waals surface area contributed by atoms with Crippen LogP contribution in [0.15, 0.2) is 16.4 Å². The lowest BCUT2D eigenvalue weighted by Crippen LogP contribution is -2.33. The second-order valence-electron chi connectivity index (χ2n) is 4.11. The van der Waals surface area contributed by atoms with Gasteiger partial charge in [0.2, 0.25) is 0 Å². The van der Waals surface area contributed by atoms with Gasteiger partial charge in [-0.05, 0) is 6.92 Å². The molecule has 2 aromatic heterocycles. The largest absolute Gasteiger partial charge is 0.340 e. The molecule has 2 rings (SSSR count). The van der Waals surface area contributed by atoms with E-state index in [4.69, 9.17) is 5.26 Å². The van der Waals surface area contributed by atoms with E-state index in [2.05, 4.69) is 4.98 Å². The molecular formula is C12H12N4O2S. The normalized spacial score (nSPS) is 10.4. The molecule has 0 bridgehead atoms. The van der Waals surface area contributed by atoms with Gasteiger partial charge in [-0.3, -0.25) is 14.0 Å². The van der Waals surface area contributed by atoms with Gasteiger partial charge in [0.25, 0.3) is 11.5 Å². The fourth-order valence-electron chi connectivity index (χ4n) is 1.70. The van der Waals surface area contributed by atoms with Crippen LogP contribution in [-0.2, 0) is 0 Å². The van der Waals surface area contributed by atoms with Crippen LogP contribution >= 0.6 is 11.3 Å². The SMILES string of the molecule is Cc1csc2ncc(C(=O)N(C)CCC#N)c(=O)n12. The Kier molecular flexibility index (Phi) is 3.62. The van der Waals surface area contributed by atoms with E-state index in [1.807, 2.05) is 11.4 Å². The molecule has 0 aliphatic carbocycles. The van der Waals surface area contributed by atoms with Gasteiger partial charge in [-0.15, -0.1) is 11.3 Å². The van der Waals surface area contributed by atoms with Crippen molar-refractivity contribution in [3.63, 3.8) is 0 Å². The molecule has 6 nitrogen and oxygen atoms in total. The van der Waals surface area contributed by atoms with Crippen LogP contribution in [0.25, 0.3) is 4.96 Å². The van der Waals surface area contributed by atoms with Gasteiger partial charge in [0, 0.05) is 30.9 Å². The minimum absolute atomic E-state index is 0.0273. The monoisotopic (exact) mass is 276 g/mol. The number of nitriles is 1. The Labute approximate surface area is 113 Å². The van der Waals surface area contributed by atoms with E-state index < -0.39 is 5.91 Å². The number of carbonyl (C=O) groups is 1. The van der Waals surface area contributed by atoms with Crippen LogP contribution in [0.2, 0.25) is 0 Å². The number of carbonyl (C=O) groups excluding carboxylic acids is 1. The molecule has 2 aromatic rings. The summed E-state index contributed by atoms with van der Waals surface area (Å²) in [7, 11) is 1.56. The molecule has 19 heavy (non-hydrogen) atoms. The van der Waals surface area contributed by atoms with Crippen molar-refractivity contribution in [1.82, 2.24) is 14.3 Å². The zero-order valence-electron chi connectivity index (χ0n) is 10.6. The number of aryl methyl sites for hydroxylation is 1. The Bertz CT molecular complexity index is 725. The van der Waals surface area contributed by atoms with E-state index in [0.717, 1.165) is 5.69 Å². The first-order chi connectivity index (χ1) is 9.06. The molecule has 7 heteroatoms. The second kappa shape index (κ2) is 5.20. The number of amides is 1. The van der Waals surface area contributed by atoms with Gasteiger partial charge < -0.3 is 4.90 Å². The van der Waals surface area contributed by atoms with E-state index in [0.29, 0.717) is 11.5 Å². The molecule has 0 saturated carbocycles. The molecule has 0 aliphatic rings. The first-order valence-electron chi connectivity index (χ1n) is 5.64. The molecule has 0 unspecified atom stereocenters. The quantitative estimate of drug-likeness (QED) is 0.839. The summed E-state index contributed by atoms with van der Waals surface area (Å²) in [5, 5.41) is 10.3. The summed E-state index contributed by atoms with van der Waals surface area (Å²) in [5.74, 6) is -0.409. The Hall–Kier alpha value is -2.20. The Balaban J connectivity index is 2.43. The highest BCUT2D eigenvalue weighted by Crippen LogP contribution is 2.11. The molecule has 0 N–H and O–H groups in total. The average Bonchev–Trinajstić information content (AvgIpc) is 2.78. The van der Waals surface area contributed by atoms with Crippen LogP contribution in [0.1, 0.15) is 22.5 Å². The first-order valence-corrected chi connectivity index (χ1v) is 6.52. The predicted molar refractivity (Wildman–Crippen MR) is 71.3 cm³/mol. The van der Waals surface area contributed by atoms with Gasteiger partial charge in [0.1, 0.15) is 5.56 Å². The number of hydrogen-bond donors (Lipinski definition) is 0. The fourth-order valence-corrected chi connectivity index (χ4v) is 2.52. The van der Waals surface area contributed by atoms with Crippen LogP contribution in [0, 0.1) is 18.3 Å². The Morgan fingerprint density at radius 2 is 2.37 bits per heavy atom. The summed E-state index contributed by atoms with van der Waals surface area (Å²) >= 11 is 1.35. The number of aromatic nitrogens is 2. The Morgan fingerprint density at radius 3 is 3.05 bits per heavy atom. The molecular weight excluding hydrogens is 264 g/mol. The number of nitrogens with zero attached hydrogens (tertiary/aromatic N) is 4. The summed E-state index contributed by atoms with van der Waals surface area (Å²) in [6.07, 6.45) is 1.54. The van der Waals surface area contributed by atoms with Crippen LogP contribution in [0.3, 0.4) is 0 Å². The number of fused-ring (bicyclic) bond motifs is 1. The zero-order chi connectivity index (χ0) is 14.0. The van der Waals surface area contributed by atoms with Gasteiger partial charge in [-0.1, -0.05) is 0 Å². The maximum absolute atomic E-state index is 12.2. The standard InChI is InChI=1S/C12H12N4O2S/c1-8-7-19-12-14-6-9(11(18)16(8)12)10(17)15(2)5-3-4-13/h6-7H,3,5H2,1-2H3. The number of hydrogen-bond acceptors (Lipinski definition) is 5. The summed E-state index contributed by atoms with van der Waals surface area (Å²) in [4.78, 5) is 30.4. The molecule has 0 aliphatic heterocycles. The van der Waals surface area contributed by atoms with Crippen LogP contribution < -0.4 is 5.56 Å². The van der Waals surface area contributed by atoms with Gasteiger partial charge in [0.05, 0.1) is 12.5 Å². The lowest BCUT2D eigenvalue weighted by Gasteiger charge is -2.14. The van der Waals surface area contributed by atoms with Crippen molar-refractivity contribution in [3.8, 4) is 6.07 Å². The summed E-state index contributed by atoms with van der Waals surface area (Å²) < 4.78 is 1.43. The van der Waals surface area contributed by atoms with Crippen molar-refractivity contribution in [1.29, 1.82) is 5.26 Å². The molecule has 2 heterocycles. The van der Waals surface area contributed by atoms with Crippen molar-refractivity contribution in [2.75, 3.05) is 13.6 Å². The molecule has 98 valence electrons. The average molecular weight is 276 g/mol. The maximum atomic E-state index is 12.2. The van der Waals surface area contributed by atoms with E-state index in [1.165, 1.54) is 26.8 Å². The van der Waals surface area contributed by atoms with E-state index in [9.17, 15) is 9.59 Å². The van der Waals surface area contributed by atoms with Crippen LogP contribution in [-0.4, -0.2) is 33.8 Å². The lowest BCUT2D eigenvalue weighted by molar-refractivity contribution is 0.0795. The van der Waals surface area contributed by atoms with Gasteiger partial charge in [-0.2, -0.15) is 5.26 Å². The topological polar surface area (TPSA) is 78.5 Å². The zero-order valence-corrected chi connectivity index (χ0v) is 11.4. The van der Waals surface area contributed by atoms with Gasteiger partial charge >= 0.3 is 0 Å². The predicted octanol–water partition coefficient (Wildman–Crippen LogP) is 1.05. The fraction of sp³-hybridized carbons (Fsp3) is 0.333. The molecule has 0 saturated heterocycles. The van der Waals surface area contributed by atoms with Crippen molar-refractivity contribution in [2.45, 2.75) is 13.3 Å². The second-order valence-corrected chi connectivity index (χ2v) is 4.94. The highest BCUT2D eigenvalue weighted by molar-refractivity contribution is 7.15. The van der Waals surface area contributed by atoms with Crippen LogP contribution in [0.4, 0.5) is 0 Å². The minimum Gasteiger partial charge on any atom is -0.340 e. The summed E-state index contributed by atoms with van der Waals surface area (Å²) in [6, 6.07) is 1.96. The molecule has 0 fully saturated rings. The third-order valence-corrected chi connectivity index (χ3v) is 3.71. The smallest absolute Gasteiger partial charge is 0.271 e. The molecule has 0 aromatic carbocycles. The summed E-state index contributed by atoms with van der Waals surface area (Å²) in [6.45, 7) is 2.08. The van der Waals surface area contributed by atoms with Crippen molar-refractivity contribution in [3.05, 3.63) is 33.2 Å². The molecule has 1 amide bonds. The van der Waals surface area contributed by atoms with E-state index in [-0.39, 0.29) is 17.5 Å². The minimum atomic E-state index is -0.409. The van der Waals surface area contributed by atoms with Crippen LogP contribution in [0.5, 0.6) is 0 Å². The van der Waals surface area contributed by atoms with Gasteiger partial charge in [-0.25, -0.2) is 4.98 Å². The van der Waals surface area contributed by atoms with Crippen molar-refractivity contribution < 1.29 is 4.79 Å². The molecule has 0 spiro atoms. The van der Waals surface area contributed by atoms with E-state index in [1.54, 1.807) is 14.0 Å². The molecule has 0 atom stereocenters. The lowest BCUT2D eigenvalue weighted by atomic mass is 10.3. The highest BCUT2D eigenvalue weighted by Gasteiger charge is 2.18. The first kappa shape index (κ1) is 13.2. The van der Waals surface area contributed by atoms with Crippen molar-refractivity contribution >= 4 is 22.2 Å². The molecule has 0 radical (unpaired) electrons. The Morgan fingerprint density at radius 1 is 1.63 bits per heavy atom. The highest BCUT2D eigenvalue weighted by atomic mass is 32.1. The third-order valence-electron chi connectivity index (χ3n) is 2.75. The number of rotatable bonds is 3. The third kappa shape index (κ3) is 2.35. The number of thiazole rings is 1. The van der Waals surface area contributed by atoms with Gasteiger partial charge in [0.15, 0.2) is 4.96 Å².